The van der Waals surface area contributed by atoms with E-state index in [1.807, 2.05) is 49.2 Å². The molecule has 1 aliphatic heterocycles. The molecule has 45 heavy (non-hydrogen) atoms. The number of nitrogens with zero attached hydrogens (tertiary/aromatic N) is 5. The molecule has 3 aromatic carbocycles. The summed E-state index contributed by atoms with van der Waals surface area (Å²) in [5.74, 6) is 0.614. The van der Waals surface area contributed by atoms with E-state index in [1.54, 1.807) is 0 Å². The Morgan fingerprint density at radius 2 is 1.71 bits per heavy atom. The molecule has 0 saturated carbocycles. The summed E-state index contributed by atoms with van der Waals surface area (Å²) in [5.41, 5.74) is 3.88. The number of ether oxygens (including phenoxy) is 1. The van der Waals surface area contributed by atoms with Crippen LogP contribution in [0.4, 0.5) is 32.4 Å². The summed E-state index contributed by atoms with van der Waals surface area (Å²) in [6.07, 6.45) is -7.09. The van der Waals surface area contributed by atoms with Gasteiger partial charge in [-0.05, 0) is 68.1 Å². The molecule has 236 valence electrons. The summed E-state index contributed by atoms with van der Waals surface area (Å²) in [5, 5.41) is 6.74. The average molecular weight is 645 g/mol. The van der Waals surface area contributed by atoms with Gasteiger partial charge < -0.3 is 15.0 Å². The standard InChI is InChI=1S/C31H29F5N6O2S/c1-18-5-4-6-19(2)26(18)42-20(3)15-16-45-30(42)39-29(43)38-27(33)25(32)21-7-9-22(10-8-21)28-37-17-41(40-28)23-11-13-24(14-12-23)44-31(34,35)36/h4-14,17,20,25,27H,15-16H2,1-3H3,(H,38,43). The first-order chi connectivity index (χ1) is 21.4. The van der Waals surface area contributed by atoms with E-state index in [4.69, 9.17) is 0 Å². The number of carbonyl (C=O) groups is 1. The van der Waals surface area contributed by atoms with Crippen LogP contribution in [-0.2, 0) is 0 Å². The number of para-hydroxylation sites is 1. The molecule has 3 unspecified atom stereocenters. The Kier molecular flexibility index (Phi) is 9.42. The number of nitrogens with one attached hydrogen (secondary N) is 1. The smallest absolute Gasteiger partial charge is 0.406 e. The molecule has 1 aromatic heterocycles. The Morgan fingerprint density at radius 1 is 1.04 bits per heavy atom. The normalized spacial score (nSPS) is 17.6. The first-order valence-electron chi connectivity index (χ1n) is 13.9. The Labute approximate surface area is 260 Å². The molecule has 1 saturated heterocycles. The molecule has 1 N–H and O–H groups in total. The lowest BCUT2D eigenvalue weighted by Crippen LogP contribution is -2.43. The Bertz CT molecular complexity index is 1660. The third kappa shape index (κ3) is 7.62. The van der Waals surface area contributed by atoms with E-state index in [0.29, 0.717) is 16.4 Å². The van der Waals surface area contributed by atoms with Crippen molar-refractivity contribution < 1.29 is 31.5 Å². The predicted molar refractivity (Wildman–Crippen MR) is 163 cm³/mol. The van der Waals surface area contributed by atoms with Crippen molar-refractivity contribution in [3.05, 3.63) is 89.7 Å². The van der Waals surface area contributed by atoms with E-state index < -0.39 is 24.9 Å². The molecule has 0 aliphatic carbocycles. The van der Waals surface area contributed by atoms with Crippen molar-refractivity contribution >= 4 is 28.6 Å². The number of benzene rings is 3. The van der Waals surface area contributed by atoms with Crippen molar-refractivity contribution in [2.75, 3.05) is 10.7 Å². The van der Waals surface area contributed by atoms with Gasteiger partial charge in [0.15, 0.2) is 17.2 Å². The van der Waals surface area contributed by atoms with Gasteiger partial charge in [-0.2, -0.15) is 4.99 Å². The maximum atomic E-state index is 15.1. The third-order valence-corrected chi connectivity index (χ3v) is 8.11. The lowest BCUT2D eigenvalue weighted by molar-refractivity contribution is -0.274. The fraction of sp³-hybridized carbons (Fsp3) is 0.290. The quantitative estimate of drug-likeness (QED) is 0.163. The average Bonchev–Trinajstić information content (AvgIpc) is 3.48. The van der Waals surface area contributed by atoms with E-state index in [2.05, 4.69) is 19.8 Å². The molecule has 8 nitrogen and oxygen atoms in total. The number of alkyl halides is 5. The Morgan fingerprint density at radius 3 is 2.36 bits per heavy atom. The minimum atomic E-state index is -4.80. The van der Waals surface area contributed by atoms with E-state index in [1.165, 1.54) is 59.2 Å². The lowest BCUT2D eigenvalue weighted by Gasteiger charge is -2.37. The second kappa shape index (κ2) is 13.3. The van der Waals surface area contributed by atoms with Gasteiger partial charge in [0.25, 0.3) is 0 Å². The predicted octanol–water partition coefficient (Wildman–Crippen LogP) is 7.85. The molecule has 0 radical (unpaired) electrons. The first kappa shape index (κ1) is 31.9. The van der Waals surface area contributed by atoms with Gasteiger partial charge in [-0.3, -0.25) is 0 Å². The Balaban J connectivity index is 1.24. The number of urea groups is 1. The summed E-state index contributed by atoms with van der Waals surface area (Å²) < 4.78 is 72.5. The molecule has 1 aliphatic rings. The number of rotatable bonds is 7. The monoisotopic (exact) mass is 644 g/mol. The zero-order chi connectivity index (χ0) is 32.3. The first-order valence-corrected chi connectivity index (χ1v) is 14.9. The van der Waals surface area contributed by atoms with Crippen molar-refractivity contribution in [3.8, 4) is 22.8 Å². The minimum Gasteiger partial charge on any atom is -0.406 e. The molecular formula is C31H29F5N6O2S. The zero-order valence-corrected chi connectivity index (χ0v) is 25.2. The second-order valence-electron chi connectivity index (χ2n) is 10.4. The number of anilines is 1. The number of hydrogen-bond donors (Lipinski definition) is 1. The minimum absolute atomic E-state index is 0.0169. The van der Waals surface area contributed by atoms with Gasteiger partial charge in [-0.25, -0.2) is 23.2 Å². The molecule has 3 atom stereocenters. The van der Waals surface area contributed by atoms with Crippen LogP contribution in [0.3, 0.4) is 0 Å². The number of thioether (sulfide) groups is 1. The summed E-state index contributed by atoms with van der Waals surface area (Å²) in [6.45, 7) is 5.98. The number of halogens is 5. The van der Waals surface area contributed by atoms with Gasteiger partial charge in [0.2, 0.25) is 6.30 Å². The molecule has 2 amide bonds. The number of aryl methyl sites for hydroxylation is 2. The van der Waals surface area contributed by atoms with Crippen LogP contribution < -0.4 is 15.0 Å². The number of aliphatic imine (C=N–C) groups is 1. The van der Waals surface area contributed by atoms with E-state index in [-0.39, 0.29) is 23.2 Å². The largest absolute Gasteiger partial charge is 0.573 e. The van der Waals surface area contributed by atoms with Crippen molar-refractivity contribution in [1.82, 2.24) is 20.1 Å². The molecule has 14 heteroatoms. The maximum Gasteiger partial charge on any atom is 0.573 e. The number of amidine groups is 1. The van der Waals surface area contributed by atoms with Crippen molar-refractivity contribution in [3.63, 3.8) is 0 Å². The van der Waals surface area contributed by atoms with E-state index in [9.17, 15) is 22.4 Å². The highest BCUT2D eigenvalue weighted by Crippen LogP contribution is 2.34. The van der Waals surface area contributed by atoms with E-state index in [0.717, 1.165) is 41.1 Å². The van der Waals surface area contributed by atoms with Gasteiger partial charge in [-0.15, -0.1) is 18.3 Å². The van der Waals surface area contributed by atoms with Crippen LogP contribution in [0.15, 0.2) is 78.0 Å². The molecule has 0 bridgehead atoms. The van der Waals surface area contributed by atoms with Gasteiger partial charge >= 0.3 is 12.4 Å². The van der Waals surface area contributed by atoms with Gasteiger partial charge in [0.05, 0.1) is 5.69 Å². The fourth-order valence-corrected chi connectivity index (χ4v) is 6.11. The topological polar surface area (TPSA) is 84.6 Å². The molecule has 0 spiro atoms. The van der Waals surface area contributed by atoms with Crippen LogP contribution in [0.25, 0.3) is 17.1 Å². The zero-order valence-electron chi connectivity index (χ0n) is 24.4. The Hall–Kier alpha value is -4.46. The van der Waals surface area contributed by atoms with Crippen LogP contribution in [0.1, 0.15) is 36.2 Å². The number of carbonyl (C=O) groups excluding carboxylic acids is 1. The summed E-state index contributed by atoms with van der Waals surface area (Å²) in [7, 11) is 0. The lowest BCUT2D eigenvalue weighted by atomic mass is 10.1. The SMILES string of the molecule is Cc1cccc(C)c1N1C(=NC(=O)NC(F)C(F)c2ccc(-c3ncn(-c4ccc(OC(F)(F)F)cc4)n3)cc2)SCCC1C. The van der Waals surface area contributed by atoms with Crippen molar-refractivity contribution in [1.29, 1.82) is 0 Å². The van der Waals surface area contributed by atoms with Crippen LogP contribution >= 0.6 is 11.8 Å². The highest BCUT2D eigenvalue weighted by atomic mass is 32.2. The summed E-state index contributed by atoms with van der Waals surface area (Å²) in [6, 6.07) is 15.7. The van der Waals surface area contributed by atoms with Gasteiger partial charge in [0.1, 0.15) is 12.1 Å². The maximum absolute atomic E-state index is 15.1. The number of hydrogen-bond acceptors (Lipinski definition) is 5. The number of aromatic nitrogens is 3. The molecule has 5 rings (SSSR count). The van der Waals surface area contributed by atoms with Crippen molar-refractivity contribution in [2.24, 2.45) is 4.99 Å². The molecule has 1 fully saturated rings. The van der Waals surface area contributed by atoms with Gasteiger partial charge in [0, 0.05) is 23.0 Å². The van der Waals surface area contributed by atoms with Gasteiger partial charge in [-0.1, -0.05) is 54.2 Å². The fourth-order valence-electron chi connectivity index (χ4n) is 4.91. The molecular weight excluding hydrogens is 615 g/mol. The summed E-state index contributed by atoms with van der Waals surface area (Å²) >= 11 is 1.39. The highest BCUT2D eigenvalue weighted by molar-refractivity contribution is 8.14. The van der Waals surface area contributed by atoms with Crippen LogP contribution in [0.2, 0.25) is 0 Å². The molecule has 2 heterocycles. The molecule has 4 aromatic rings. The van der Waals surface area contributed by atoms with Crippen molar-refractivity contribution in [2.45, 2.75) is 52.1 Å². The number of amides is 2. The van der Waals surface area contributed by atoms with E-state index >= 15 is 4.39 Å². The van der Waals surface area contributed by atoms with Crippen LogP contribution in [0.5, 0.6) is 5.75 Å². The second-order valence-corrected chi connectivity index (χ2v) is 11.5. The van der Waals surface area contributed by atoms with Crippen LogP contribution in [-0.4, -0.2) is 50.4 Å². The summed E-state index contributed by atoms with van der Waals surface area (Å²) in [4.78, 5) is 23.0. The van der Waals surface area contributed by atoms with Crippen LogP contribution in [0, 0.1) is 13.8 Å². The highest BCUT2D eigenvalue weighted by Gasteiger charge is 2.31. The third-order valence-electron chi connectivity index (χ3n) is 7.12.